The second-order valence-corrected chi connectivity index (χ2v) is 3.98. The van der Waals surface area contributed by atoms with E-state index in [0.717, 1.165) is 18.5 Å². The summed E-state index contributed by atoms with van der Waals surface area (Å²) in [6, 6.07) is 0.344. The number of hydrogen-bond donors (Lipinski definition) is 1. The third-order valence-electron chi connectivity index (χ3n) is 2.65. The van der Waals surface area contributed by atoms with Crippen LogP contribution in [0.5, 0.6) is 0 Å². The van der Waals surface area contributed by atoms with Gasteiger partial charge in [-0.05, 0) is 33.2 Å². The lowest BCUT2D eigenvalue weighted by molar-refractivity contribution is -0.138. The molecule has 0 spiro atoms. The van der Waals surface area contributed by atoms with E-state index in [0.29, 0.717) is 12.6 Å². The summed E-state index contributed by atoms with van der Waals surface area (Å²) in [7, 11) is 0. The van der Waals surface area contributed by atoms with Crippen molar-refractivity contribution in [1.29, 1.82) is 0 Å². The molecule has 1 aliphatic rings. The first-order chi connectivity index (χ1) is 7.24. The van der Waals surface area contributed by atoms with E-state index in [2.05, 4.69) is 5.32 Å². The zero-order valence-corrected chi connectivity index (χ0v) is 9.71. The Morgan fingerprint density at radius 3 is 3.00 bits per heavy atom. The minimum absolute atomic E-state index is 0.191. The Morgan fingerprint density at radius 2 is 2.27 bits per heavy atom. The van der Waals surface area contributed by atoms with Crippen LogP contribution in [0.1, 0.15) is 39.5 Å². The van der Waals surface area contributed by atoms with Gasteiger partial charge in [0.25, 0.3) is 0 Å². The Bertz CT molecular complexity index is 228. The van der Waals surface area contributed by atoms with E-state index < -0.39 is 0 Å². The maximum atomic E-state index is 11.4. The summed E-state index contributed by atoms with van der Waals surface area (Å²) in [5.74, 6) is -0.191. The zero-order valence-electron chi connectivity index (χ0n) is 9.71. The van der Waals surface area contributed by atoms with Gasteiger partial charge < -0.3 is 10.1 Å². The van der Waals surface area contributed by atoms with Crippen molar-refractivity contribution in [3.05, 3.63) is 11.6 Å². The monoisotopic (exact) mass is 211 g/mol. The summed E-state index contributed by atoms with van der Waals surface area (Å²) < 4.78 is 4.94. The third-order valence-corrected chi connectivity index (χ3v) is 2.65. The molecule has 1 fully saturated rings. The molecule has 15 heavy (non-hydrogen) atoms. The lowest BCUT2D eigenvalue weighted by atomic mass is 10.1. The molecule has 0 saturated carbocycles. The average Bonchev–Trinajstić information content (AvgIpc) is 2.46. The van der Waals surface area contributed by atoms with E-state index in [1.54, 1.807) is 0 Å². The molecule has 0 radical (unpaired) electrons. The zero-order chi connectivity index (χ0) is 11.1. The highest BCUT2D eigenvalue weighted by Gasteiger charge is 2.11. The Morgan fingerprint density at radius 1 is 1.47 bits per heavy atom. The smallest absolute Gasteiger partial charge is 0.333 e. The lowest BCUT2D eigenvalue weighted by Gasteiger charge is -2.12. The Hall–Kier alpha value is -0.830. The van der Waals surface area contributed by atoms with Crippen molar-refractivity contribution in [2.45, 2.75) is 45.6 Å². The summed E-state index contributed by atoms with van der Waals surface area (Å²) in [4.78, 5) is 11.4. The number of hydrogen-bond acceptors (Lipinski definition) is 3. The molecule has 86 valence electrons. The summed E-state index contributed by atoms with van der Waals surface area (Å²) in [5.41, 5.74) is 0.719. The molecule has 0 aromatic carbocycles. The average molecular weight is 211 g/mol. The fourth-order valence-electron chi connectivity index (χ4n) is 1.81. The highest BCUT2D eigenvalue weighted by Crippen LogP contribution is 2.11. The molecule has 0 amide bonds. The third kappa shape index (κ3) is 4.47. The van der Waals surface area contributed by atoms with Gasteiger partial charge in [-0.25, -0.2) is 4.79 Å². The van der Waals surface area contributed by atoms with E-state index >= 15 is 0 Å². The summed E-state index contributed by atoms with van der Waals surface area (Å²) >= 11 is 0. The first kappa shape index (κ1) is 12.2. The predicted octanol–water partition coefficient (Wildman–Crippen LogP) is 2.03. The topological polar surface area (TPSA) is 38.3 Å². The lowest BCUT2D eigenvalue weighted by Crippen LogP contribution is -2.27. The summed E-state index contributed by atoms with van der Waals surface area (Å²) in [5, 5.41) is 3.43. The largest absolute Gasteiger partial charge is 0.463 e. The molecule has 1 rings (SSSR count). The van der Waals surface area contributed by atoms with Gasteiger partial charge in [0, 0.05) is 11.6 Å². The van der Waals surface area contributed by atoms with Gasteiger partial charge in [-0.3, -0.25) is 0 Å². The van der Waals surface area contributed by atoms with Crippen LogP contribution >= 0.6 is 0 Å². The molecular formula is C12H21NO2. The summed E-state index contributed by atoms with van der Waals surface area (Å²) in [6.45, 7) is 5.15. The van der Waals surface area contributed by atoms with Crippen LogP contribution in [0, 0.1) is 0 Å². The molecule has 0 aliphatic carbocycles. The maximum absolute atomic E-state index is 11.4. The van der Waals surface area contributed by atoms with E-state index in [-0.39, 0.29) is 5.97 Å². The summed E-state index contributed by atoms with van der Waals surface area (Å²) in [6.07, 6.45) is 6.89. The number of carbonyl (C=O) groups is 1. The van der Waals surface area contributed by atoms with Crippen molar-refractivity contribution >= 4 is 5.97 Å². The van der Waals surface area contributed by atoms with Crippen LogP contribution in [0.4, 0.5) is 0 Å². The van der Waals surface area contributed by atoms with Crippen LogP contribution in [-0.4, -0.2) is 25.2 Å². The Labute approximate surface area is 91.9 Å². The highest BCUT2D eigenvalue weighted by molar-refractivity contribution is 5.87. The van der Waals surface area contributed by atoms with Crippen molar-refractivity contribution in [1.82, 2.24) is 5.32 Å². The Balaban J connectivity index is 2.48. The molecule has 0 aromatic heterocycles. The van der Waals surface area contributed by atoms with Crippen LogP contribution in [0.25, 0.3) is 0 Å². The molecule has 1 saturated heterocycles. The van der Waals surface area contributed by atoms with Gasteiger partial charge >= 0.3 is 5.97 Å². The standard InChI is InChI=1S/C12H21NO2/c1-3-15-12(14)10(2)9-11-7-5-4-6-8-13-11/h9,11,13H,3-8H2,1-2H3. The van der Waals surface area contributed by atoms with Crippen molar-refractivity contribution < 1.29 is 9.53 Å². The van der Waals surface area contributed by atoms with Crippen LogP contribution in [0.2, 0.25) is 0 Å². The van der Waals surface area contributed by atoms with Gasteiger partial charge in [0.2, 0.25) is 0 Å². The number of esters is 1. The van der Waals surface area contributed by atoms with Crippen LogP contribution < -0.4 is 5.32 Å². The van der Waals surface area contributed by atoms with Crippen LogP contribution in [-0.2, 0) is 9.53 Å². The van der Waals surface area contributed by atoms with Gasteiger partial charge in [-0.15, -0.1) is 0 Å². The molecule has 1 N–H and O–H groups in total. The second-order valence-electron chi connectivity index (χ2n) is 3.98. The van der Waals surface area contributed by atoms with Crippen molar-refractivity contribution in [2.24, 2.45) is 0 Å². The number of ether oxygens (including phenoxy) is 1. The Kier molecular flexibility index (Phi) is 5.40. The van der Waals surface area contributed by atoms with E-state index in [1.165, 1.54) is 19.3 Å². The first-order valence-electron chi connectivity index (χ1n) is 5.83. The second kappa shape index (κ2) is 6.62. The molecule has 1 aliphatic heterocycles. The van der Waals surface area contributed by atoms with Gasteiger partial charge in [-0.2, -0.15) is 0 Å². The minimum atomic E-state index is -0.191. The van der Waals surface area contributed by atoms with Gasteiger partial charge in [-0.1, -0.05) is 18.9 Å². The molecule has 0 bridgehead atoms. The predicted molar refractivity (Wildman–Crippen MR) is 60.6 cm³/mol. The maximum Gasteiger partial charge on any atom is 0.333 e. The van der Waals surface area contributed by atoms with Gasteiger partial charge in [0.05, 0.1) is 6.61 Å². The number of rotatable bonds is 3. The quantitative estimate of drug-likeness (QED) is 0.573. The molecule has 0 aromatic rings. The normalized spacial score (nSPS) is 23.3. The highest BCUT2D eigenvalue weighted by atomic mass is 16.5. The van der Waals surface area contributed by atoms with Crippen LogP contribution in [0.15, 0.2) is 11.6 Å². The van der Waals surface area contributed by atoms with E-state index in [9.17, 15) is 4.79 Å². The molecule has 3 heteroatoms. The molecule has 1 heterocycles. The van der Waals surface area contributed by atoms with Gasteiger partial charge in [0.15, 0.2) is 0 Å². The number of nitrogens with one attached hydrogen (secondary N) is 1. The van der Waals surface area contributed by atoms with E-state index in [4.69, 9.17) is 4.74 Å². The first-order valence-corrected chi connectivity index (χ1v) is 5.83. The van der Waals surface area contributed by atoms with Crippen molar-refractivity contribution in [3.63, 3.8) is 0 Å². The fourth-order valence-corrected chi connectivity index (χ4v) is 1.81. The van der Waals surface area contributed by atoms with Crippen molar-refractivity contribution in [3.8, 4) is 0 Å². The fraction of sp³-hybridized carbons (Fsp3) is 0.750. The van der Waals surface area contributed by atoms with Gasteiger partial charge in [0.1, 0.15) is 0 Å². The number of carbonyl (C=O) groups excluding carboxylic acids is 1. The van der Waals surface area contributed by atoms with E-state index in [1.807, 2.05) is 19.9 Å². The SMILES string of the molecule is CCOC(=O)C(C)=CC1CCCCCN1. The molecular weight excluding hydrogens is 190 g/mol. The molecule has 1 unspecified atom stereocenters. The molecule has 1 atom stereocenters. The molecule has 3 nitrogen and oxygen atoms in total. The van der Waals surface area contributed by atoms with Crippen molar-refractivity contribution in [2.75, 3.05) is 13.2 Å². The van der Waals surface area contributed by atoms with Crippen LogP contribution in [0.3, 0.4) is 0 Å². The minimum Gasteiger partial charge on any atom is -0.463 e.